The van der Waals surface area contributed by atoms with Crippen LogP contribution in [-0.2, 0) is 11.2 Å². The number of hydrogen-bond donors (Lipinski definition) is 2. The van der Waals surface area contributed by atoms with Crippen molar-refractivity contribution in [1.82, 2.24) is 4.90 Å². The van der Waals surface area contributed by atoms with Gasteiger partial charge in [-0.15, -0.1) is 0 Å². The molecule has 1 fully saturated rings. The fourth-order valence-electron chi connectivity index (χ4n) is 2.38. The highest BCUT2D eigenvalue weighted by Crippen LogP contribution is 2.19. The number of carbonyl (C=O) groups is 1. The molecule has 4 heteroatoms. The topological polar surface area (TPSA) is 40.5 Å². The normalized spacial score (nSPS) is 25.1. The zero-order chi connectivity index (χ0) is 13.8. The van der Waals surface area contributed by atoms with Crippen molar-refractivity contribution in [3.05, 3.63) is 35.9 Å². The SMILES string of the molecule is CC1CCN(C(=O)C(S)Cc2ccccc2)CC1O. The number of carbonyl (C=O) groups excluding carboxylic acids is 1. The monoisotopic (exact) mass is 279 g/mol. The fraction of sp³-hybridized carbons (Fsp3) is 0.533. The predicted octanol–water partition coefficient (Wildman–Crippen LogP) is 1.76. The number of hydrogen-bond acceptors (Lipinski definition) is 3. The van der Waals surface area contributed by atoms with Gasteiger partial charge in [0, 0.05) is 13.1 Å². The van der Waals surface area contributed by atoms with E-state index in [0.717, 1.165) is 18.5 Å². The molecule has 0 spiro atoms. The Kier molecular flexibility index (Phi) is 4.88. The molecule has 1 aliphatic heterocycles. The lowest BCUT2D eigenvalue weighted by Crippen LogP contribution is -2.48. The lowest BCUT2D eigenvalue weighted by atomic mass is 9.95. The Hall–Kier alpha value is -1.00. The van der Waals surface area contributed by atoms with Gasteiger partial charge < -0.3 is 10.0 Å². The van der Waals surface area contributed by atoms with E-state index in [2.05, 4.69) is 12.6 Å². The summed E-state index contributed by atoms with van der Waals surface area (Å²) in [7, 11) is 0. The number of nitrogens with zero attached hydrogens (tertiary/aromatic N) is 1. The minimum atomic E-state index is -0.407. The number of β-amino-alcohol motifs (C(OH)–C–C–N with tert-alkyl or cyclic N) is 1. The summed E-state index contributed by atoms with van der Waals surface area (Å²) in [6.07, 6.45) is 1.08. The summed E-state index contributed by atoms with van der Waals surface area (Å²) in [5.74, 6) is 0.301. The molecule has 1 heterocycles. The quantitative estimate of drug-likeness (QED) is 0.828. The van der Waals surface area contributed by atoms with Crippen molar-refractivity contribution >= 4 is 18.5 Å². The minimum Gasteiger partial charge on any atom is -0.391 e. The number of likely N-dealkylation sites (tertiary alicyclic amines) is 1. The summed E-state index contributed by atoms with van der Waals surface area (Å²) in [6, 6.07) is 9.90. The summed E-state index contributed by atoms with van der Waals surface area (Å²) in [5, 5.41) is 9.52. The van der Waals surface area contributed by atoms with Crippen molar-refractivity contribution in [2.45, 2.75) is 31.1 Å². The third-order valence-corrected chi connectivity index (χ3v) is 4.19. The van der Waals surface area contributed by atoms with Gasteiger partial charge in [0.1, 0.15) is 0 Å². The van der Waals surface area contributed by atoms with Crippen LogP contribution in [0.1, 0.15) is 18.9 Å². The standard InChI is InChI=1S/C15H21NO2S/c1-11-7-8-16(10-13(11)17)15(18)14(19)9-12-5-3-2-4-6-12/h2-6,11,13-14,17,19H,7-10H2,1H3. The largest absolute Gasteiger partial charge is 0.391 e. The van der Waals surface area contributed by atoms with Crippen LogP contribution in [0, 0.1) is 5.92 Å². The summed E-state index contributed by atoms with van der Waals surface area (Å²) in [4.78, 5) is 14.0. The second kappa shape index (κ2) is 6.44. The van der Waals surface area contributed by atoms with Crippen LogP contribution in [0.2, 0.25) is 0 Å². The van der Waals surface area contributed by atoms with Gasteiger partial charge in [-0.05, 0) is 24.3 Å². The van der Waals surface area contributed by atoms with E-state index < -0.39 is 6.10 Å². The number of aliphatic hydroxyl groups is 1. The van der Waals surface area contributed by atoms with E-state index >= 15 is 0 Å². The van der Waals surface area contributed by atoms with Crippen LogP contribution in [0.15, 0.2) is 30.3 Å². The van der Waals surface area contributed by atoms with Gasteiger partial charge in [-0.1, -0.05) is 37.3 Å². The summed E-state index contributed by atoms with van der Waals surface area (Å²) < 4.78 is 0. The number of rotatable bonds is 3. The van der Waals surface area contributed by atoms with E-state index in [1.165, 1.54) is 0 Å². The molecule has 19 heavy (non-hydrogen) atoms. The van der Waals surface area contributed by atoms with Crippen LogP contribution < -0.4 is 0 Å². The maximum atomic E-state index is 12.3. The maximum Gasteiger partial charge on any atom is 0.235 e. The van der Waals surface area contributed by atoms with Gasteiger partial charge in [0.25, 0.3) is 0 Å². The van der Waals surface area contributed by atoms with Gasteiger partial charge >= 0.3 is 0 Å². The van der Waals surface area contributed by atoms with Crippen LogP contribution in [0.25, 0.3) is 0 Å². The third kappa shape index (κ3) is 3.74. The Morgan fingerprint density at radius 2 is 2.16 bits per heavy atom. The first kappa shape index (κ1) is 14.4. The highest BCUT2D eigenvalue weighted by Gasteiger charge is 2.29. The molecule has 104 valence electrons. The smallest absolute Gasteiger partial charge is 0.235 e. The van der Waals surface area contributed by atoms with E-state index in [0.29, 0.717) is 13.0 Å². The van der Waals surface area contributed by atoms with E-state index in [4.69, 9.17) is 0 Å². The molecule has 3 atom stereocenters. The average molecular weight is 279 g/mol. The molecule has 1 N–H and O–H groups in total. The number of benzene rings is 1. The van der Waals surface area contributed by atoms with E-state index in [9.17, 15) is 9.90 Å². The Morgan fingerprint density at radius 1 is 1.47 bits per heavy atom. The highest BCUT2D eigenvalue weighted by atomic mass is 32.1. The highest BCUT2D eigenvalue weighted by molar-refractivity contribution is 7.81. The van der Waals surface area contributed by atoms with Crippen LogP contribution in [0.3, 0.4) is 0 Å². The van der Waals surface area contributed by atoms with Crippen LogP contribution >= 0.6 is 12.6 Å². The van der Waals surface area contributed by atoms with Crippen molar-refractivity contribution in [2.75, 3.05) is 13.1 Å². The molecule has 0 aromatic heterocycles. The minimum absolute atomic E-state index is 0.0261. The molecule has 0 aliphatic carbocycles. The van der Waals surface area contributed by atoms with Crippen LogP contribution in [0.4, 0.5) is 0 Å². The van der Waals surface area contributed by atoms with Crippen molar-refractivity contribution in [2.24, 2.45) is 5.92 Å². The Bertz CT molecular complexity index is 423. The first-order chi connectivity index (χ1) is 9.08. The molecule has 2 rings (SSSR count). The number of aliphatic hydroxyl groups excluding tert-OH is 1. The van der Waals surface area contributed by atoms with Gasteiger partial charge in [0.2, 0.25) is 5.91 Å². The summed E-state index contributed by atoms with van der Waals surface area (Å²) in [5.41, 5.74) is 1.11. The Labute approximate surface area is 120 Å². The van der Waals surface area contributed by atoms with E-state index in [1.54, 1.807) is 4.90 Å². The predicted molar refractivity (Wildman–Crippen MR) is 79.3 cm³/mol. The van der Waals surface area contributed by atoms with Gasteiger partial charge in [-0.3, -0.25) is 4.79 Å². The second-order valence-electron chi connectivity index (χ2n) is 5.32. The molecule has 0 bridgehead atoms. The molecule has 1 amide bonds. The van der Waals surface area contributed by atoms with E-state index in [1.807, 2.05) is 37.3 Å². The van der Waals surface area contributed by atoms with Crippen molar-refractivity contribution in [1.29, 1.82) is 0 Å². The van der Waals surface area contributed by atoms with Crippen LogP contribution in [-0.4, -0.2) is 40.4 Å². The average Bonchev–Trinajstić information content (AvgIpc) is 2.42. The fourth-order valence-corrected chi connectivity index (χ4v) is 2.76. The van der Waals surface area contributed by atoms with E-state index in [-0.39, 0.29) is 17.1 Å². The van der Waals surface area contributed by atoms with Gasteiger partial charge in [-0.25, -0.2) is 0 Å². The molecule has 1 aliphatic rings. The number of thiol groups is 1. The molecule has 3 unspecified atom stereocenters. The molecule has 3 nitrogen and oxygen atoms in total. The molecular formula is C15H21NO2S. The molecule has 1 aromatic rings. The molecule has 1 saturated heterocycles. The Balaban J connectivity index is 1.92. The number of amides is 1. The van der Waals surface area contributed by atoms with Crippen LogP contribution in [0.5, 0.6) is 0 Å². The Morgan fingerprint density at radius 3 is 2.79 bits per heavy atom. The van der Waals surface area contributed by atoms with Gasteiger partial charge in [-0.2, -0.15) is 12.6 Å². The zero-order valence-corrected chi connectivity index (χ0v) is 12.1. The van der Waals surface area contributed by atoms with Gasteiger partial charge in [0.15, 0.2) is 0 Å². The third-order valence-electron chi connectivity index (χ3n) is 3.79. The van der Waals surface area contributed by atoms with Crippen molar-refractivity contribution < 1.29 is 9.90 Å². The number of piperidine rings is 1. The first-order valence-corrected chi connectivity index (χ1v) is 7.28. The summed E-state index contributed by atoms with van der Waals surface area (Å²) in [6.45, 7) is 3.18. The lowest BCUT2D eigenvalue weighted by Gasteiger charge is -2.35. The van der Waals surface area contributed by atoms with Crippen molar-refractivity contribution in [3.8, 4) is 0 Å². The van der Waals surface area contributed by atoms with Gasteiger partial charge in [0.05, 0.1) is 11.4 Å². The lowest BCUT2D eigenvalue weighted by molar-refractivity contribution is -0.134. The molecule has 1 aromatic carbocycles. The van der Waals surface area contributed by atoms with Crippen molar-refractivity contribution in [3.63, 3.8) is 0 Å². The molecular weight excluding hydrogens is 258 g/mol. The first-order valence-electron chi connectivity index (χ1n) is 6.76. The zero-order valence-electron chi connectivity index (χ0n) is 11.2. The molecule has 0 saturated carbocycles. The maximum absolute atomic E-state index is 12.3. The molecule has 0 radical (unpaired) electrons. The summed E-state index contributed by atoms with van der Waals surface area (Å²) >= 11 is 4.43. The second-order valence-corrected chi connectivity index (χ2v) is 5.95.